The van der Waals surface area contributed by atoms with Gasteiger partial charge in [0, 0.05) is 19.8 Å². The second-order valence-corrected chi connectivity index (χ2v) is 3.35. The highest BCUT2D eigenvalue weighted by Gasteiger charge is 2.01. The summed E-state index contributed by atoms with van der Waals surface area (Å²) in [6.07, 6.45) is 3.32. The molecule has 0 amide bonds. The molecule has 0 saturated heterocycles. The minimum atomic E-state index is 0.354. The molecule has 2 N–H and O–H groups in total. The zero-order chi connectivity index (χ0) is 11.4. The highest BCUT2D eigenvalue weighted by atomic mass is 16.5. The van der Waals surface area contributed by atoms with Gasteiger partial charge in [0.1, 0.15) is 12.9 Å². The molecule has 6 nitrogen and oxygen atoms in total. The SMILES string of the molecule is Cn1cnc(OCc2ccc(CN)cn2)n1. The van der Waals surface area contributed by atoms with E-state index in [1.165, 1.54) is 0 Å². The van der Waals surface area contributed by atoms with E-state index < -0.39 is 0 Å². The summed E-state index contributed by atoms with van der Waals surface area (Å²) in [5, 5.41) is 4.00. The van der Waals surface area contributed by atoms with Crippen molar-refractivity contribution < 1.29 is 4.74 Å². The Morgan fingerprint density at radius 1 is 1.38 bits per heavy atom. The first-order valence-electron chi connectivity index (χ1n) is 4.90. The predicted molar refractivity (Wildman–Crippen MR) is 57.5 cm³/mol. The number of nitrogens with two attached hydrogens (primary N) is 1. The van der Waals surface area contributed by atoms with Crippen LogP contribution >= 0.6 is 0 Å². The number of pyridine rings is 1. The van der Waals surface area contributed by atoms with Crippen LogP contribution in [0.15, 0.2) is 24.7 Å². The van der Waals surface area contributed by atoms with Crippen molar-refractivity contribution in [2.24, 2.45) is 12.8 Å². The number of ether oxygens (including phenoxy) is 1. The Morgan fingerprint density at radius 3 is 2.81 bits per heavy atom. The lowest BCUT2D eigenvalue weighted by atomic mass is 10.2. The van der Waals surface area contributed by atoms with Gasteiger partial charge in [0.2, 0.25) is 0 Å². The Morgan fingerprint density at radius 2 is 2.25 bits per heavy atom. The number of hydrogen-bond acceptors (Lipinski definition) is 5. The highest BCUT2D eigenvalue weighted by Crippen LogP contribution is 2.04. The van der Waals surface area contributed by atoms with E-state index in [1.54, 1.807) is 24.3 Å². The van der Waals surface area contributed by atoms with Crippen LogP contribution in [0.2, 0.25) is 0 Å². The molecule has 0 aromatic carbocycles. The molecule has 0 aliphatic carbocycles. The smallest absolute Gasteiger partial charge is 0.335 e. The van der Waals surface area contributed by atoms with Gasteiger partial charge in [-0.15, -0.1) is 5.10 Å². The maximum atomic E-state index is 5.47. The van der Waals surface area contributed by atoms with Crippen LogP contribution in [-0.4, -0.2) is 19.7 Å². The molecule has 0 unspecified atom stereocenters. The molecule has 6 heteroatoms. The number of nitrogens with zero attached hydrogens (tertiary/aromatic N) is 4. The summed E-state index contributed by atoms with van der Waals surface area (Å²) in [6.45, 7) is 0.852. The summed E-state index contributed by atoms with van der Waals surface area (Å²) in [6, 6.07) is 4.16. The van der Waals surface area contributed by atoms with Gasteiger partial charge in [0.25, 0.3) is 0 Å². The van der Waals surface area contributed by atoms with Crippen molar-refractivity contribution in [3.05, 3.63) is 35.9 Å². The van der Waals surface area contributed by atoms with Gasteiger partial charge in [-0.25, -0.2) is 0 Å². The van der Waals surface area contributed by atoms with Crippen LogP contribution in [0.4, 0.5) is 0 Å². The Kier molecular flexibility index (Phi) is 3.11. The summed E-state index contributed by atoms with van der Waals surface area (Å²) in [4.78, 5) is 8.15. The normalized spacial score (nSPS) is 10.4. The molecule has 84 valence electrons. The van der Waals surface area contributed by atoms with E-state index in [0.717, 1.165) is 11.3 Å². The van der Waals surface area contributed by atoms with Crippen LogP contribution in [0.5, 0.6) is 6.01 Å². The van der Waals surface area contributed by atoms with Crippen LogP contribution in [-0.2, 0) is 20.2 Å². The molecule has 2 rings (SSSR count). The van der Waals surface area contributed by atoms with Crippen molar-refractivity contribution in [1.82, 2.24) is 19.7 Å². The number of hydrogen-bond donors (Lipinski definition) is 1. The lowest BCUT2D eigenvalue weighted by Crippen LogP contribution is -2.02. The van der Waals surface area contributed by atoms with E-state index >= 15 is 0 Å². The molecule has 0 bridgehead atoms. The quantitative estimate of drug-likeness (QED) is 0.797. The molecule has 0 fully saturated rings. The monoisotopic (exact) mass is 219 g/mol. The van der Waals surface area contributed by atoms with E-state index in [2.05, 4.69) is 15.1 Å². The van der Waals surface area contributed by atoms with E-state index in [9.17, 15) is 0 Å². The molecule has 0 radical (unpaired) electrons. The van der Waals surface area contributed by atoms with Crippen LogP contribution < -0.4 is 10.5 Å². The van der Waals surface area contributed by atoms with Crippen molar-refractivity contribution in [3.8, 4) is 6.01 Å². The van der Waals surface area contributed by atoms with Crippen molar-refractivity contribution in [2.75, 3.05) is 0 Å². The largest absolute Gasteiger partial charge is 0.456 e. The topological polar surface area (TPSA) is 78.9 Å². The molecule has 2 aromatic heterocycles. The summed E-state index contributed by atoms with van der Waals surface area (Å²) >= 11 is 0. The molecule has 2 heterocycles. The number of aryl methyl sites for hydroxylation is 1. The van der Waals surface area contributed by atoms with Gasteiger partial charge < -0.3 is 10.5 Å². The zero-order valence-electron chi connectivity index (χ0n) is 9.00. The van der Waals surface area contributed by atoms with E-state index in [4.69, 9.17) is 10.5 Å². The third-order valence-corrected chi connectivity index (χ3v) is 2.05. The third-order valence-electron chi connectivity index (χ3n) is 2.05. The van der Waals surface area contributed by atoms with Crippen LogP contribution in [0.3, 0.4) is 0 Å². The fourth-order valence-corrected chi connectivity index (χ4v) is 1.19. The summed E-state index contributed by atoms with van der Waals surface area (Å²) in [7, 11) is 1.79. The van der Waals surface area contributed by atoms with Gasteiger partial charge in [-0.3, -0.25) is 9.67 Å². The second kappa shape index (κ2) is 4.71. The van der Waals surface area contributed by atoms with Gasteiger partial charge in [-0.05, 0) is 11.6 Å². The van der Waals surface area contributed by atoms with Crippen LogP contribution in [0.25, 0.3) is 0 Å². The standard InChI is InChI=1S/C10H13N5O/c1-15-7-13-10(14-15)16-6-9-3-2-8(4-11)5-12-9/h2-3,5,7H,4,6,11H2,1H3. The van der Waals surface area contributed by atoms with Crippen molar-refractivity contribution in [3.63, 3.8) is 0 Å². The van der Waals surface area contributed by atoms with Crippen molar-refractivity contribution >= 4 is 0 Å². The van der Waals surface area contributed by atoms with Gasteiger partial charge in [0.05, 0.1) is 5.69 Å². The second-order valence-electron chi connectivity index (χ2n) is 3.35. The van der Waals surface area contributed by atoms with Crippen LogP contribution in [0, 0.1) is 0 Å². The first-order chi connectivity index (χ1) is 7.78. The maximum absolute atomic E-state index is 5.47. The fourth-order valence-electron chi connectivity index (χ4n) is 1.19. The lowest BCUT2D eigenvalue weighted by molar-refractivity contribution is 0.275. The van der Waals surface area contributed by atoms with Crippen molar-refractivity contribution in [2.45, 2.75) is 13.2 Å². The summed E-state index contributed by atoms with van der Waals surface area (Å²) in [5.41, 5.74) is 7.30. The molecule has 2 aromatic rings. The Hall–Kier alpha value is -1.95. The zero-order valence-corrected chi connectivity index (χ0v) is 9.00. The maximum Gasteiger partial charge on any atom is 0.335 e. The van der Waals surface area contributed by atoms with Gasteiger partial charge in [-0.2, -0.15) is 4.98 Å². The molecule has 0 saturated carbocycles. The molecular formula is C10H13N5O. The number of aromatic nitrogens is 4. The molecule has 0 aliphatic rings. The molecule has 16 heavy (non-hydrogen) atoms. The molecule has 0 aliphatic heterocycles. The lowest BCUT2D eigenvalue weighted by Gasteiger charge is -2.01. The van der Waals surface area contributed by atoms with Gasteiger partial charge >= 0.3 is 6.01 Å². The molecular weight excluding hydrogens is 206 g/mol. The van der Waals surface area contributed by atoms with E-state index in [-0.39, 0.29) is 0 Å². The van der Waals surface area contributed by atoms with Gasteiger partial charge in [0.15, 0.2) is 0 Å². The van der Waals surface area contributed by atoms with Crippen molar-refractivity contribution in [1.29, 1.82) is 0 Å². The highest BCUT2D eigenvalue weighted by molar-refractivity contribution is 5.13. The Labute approximate surface area is 93.1 Å². The summed E-state index contributed by atoms with van der Waals surface area (Å²) in [5.74, 6) is 0. The fraction of sp³-hybridized carbons (Fsp3) is 0.300. The van der Waals surface area contributed by atoms with Crippen LogP contribution in [0.1, 0.15) is 11.3 Å². The first-order valence-corrected chi connectivity index (χ1v) is 4.90. The third kappa shape index (κ3) is 2.54. The minimum Gasteiger partial charge on any atom is -0.456 e. The Balaban J connectivity index is 1.94. The van der Waals surface area contributed by atoms with E-state index in [1.807, 2.05) is 12.1 Å². The average Bonchev–Trinajstić information content (AvgIpc) is 2.73. The average molecular weight is 219 g/mol. The predicted octanol–water partition coefficient (Wildman–Crippen LogP) is 0.248. The minimum absolute atomic E-state index is 0.354. The summed E-state index contributed by atoms with van der Waals surface area (Å²) < 4.78 is 6.93. The Bertz CT molecular complexity index is 450. The first kappa shape index (κ1) is 10.6. The van der Waals surface area contributed by atoms with Gasteiger partial charge in [-0.1, -0.05) is 6.07 Å². The molecule has 0 atom stereocenters. The molecule has 0 spiro atoms. The van der Waals surface area contributed by atoms with E-state index in [0.29, 0.717) is 19.2 Å². The number of rotatable bonds is 4.